The van der Waals surface area contributed by atoms with Crippen molar-refractivity contribution >= 4 is 29.1 Å². The number of benzene rings is 1. The molecule has 0 unspecified atom stereocenters. The molecular weight excluding hydrogens is 246 g/mol. The highest BCUT2D eigenvalue weighted by atomic mass is 16.2. The van der Waals surface area contributed by atoms with Crippen molar-refractivity contribution in [2.24, 2.45) is 0 Å². The summed E-state index contributed by atoms with van der Waals surface area (Å²) in [6.45, 7) is 1.44. The molecule has 6 nitrogen and oxygen atoms in total. The predicted molar refractivity (Wildman–Crippen MR) is 70.6 cm³/mol. The number of likely N-dealkylation sites (N-methyl/N-ethyl adjacent to an activating group) is 1. The van der Waals surface area contributed by atoms with Gasteiger partial charge in [0.25, 0.3) is 5.91 Å². The molecule has 0 radical (unpaired) electrons. The Morgan fingerprint density at radius 3 is 2.26 bits per heavy atom. The van der Waals surface area contributed by atoms with Crippen molar-refractivity contribution in [1.82, 2.24) is 4.90 Å². The van der Waals surface area contributed by atoms with Gasteiger partial charge in [0.15, 0.2) is 0 Å². The zero-order chi connectivity index (χ0) is 14.0. The van der Waals surface area contributed by atoms with Gasteiger partial charge in [-0.3, -0.25) is 19.3 Å². The van der Waals surface area contributed by atoms with Gasteiger partial charge in [0, 0.05) is 25.3 Å². The van der Waals surface area contributed by atoms with E-state index in [-0.39, 0.29) is 24.1 Å². The van der Waals surface area contributed by atoms with Gasteiger partial charge in [0.1, 0.15) is 6.04 Å². The first-order chi connectivity index (χ1) is 8.97. The number of hydrogen-bond donors (Lipinski definition) is 2. The van der Waals surface area contributed by atoms with Crippen LogP contribution >= 0.6 is 0 Å². The summed E-state index contributed by atoms with van der Waals surface area (Å²) in [7, 11) is 1.48. The second kappa shape index (κ2) is 5.09. The molecule has 6 heteroatoms. The van der Waals surface area contributed by atoms with E-state index in [0.29, 0.717) is 5.69 Å². The first-order valence-corrected chi connectivity index (χ1v) is 5.92. The van der Waals surface area contributed by atoms with E-state index in [1.165, 1.54) is 14.0 Å². The van der Waals surface area contributed by atoms with Gasteiger partial charge in [-0.15, -0.1) is 0 Å². The molecule has 1 saturated heterocycles. The minimum absolute atomic E-state index is 0.140. The standard InChI is InChI=1S/C13H15N3O3/c1-8(17)14-9-3-5-10(6-4-9)15-11-7-12(18)16(2)13(11)19/h3-6,11,15H,7H2,1-2H3,(H,14,17)/t11-/m1/s1. The van der Waals surface area contributed by atoms with Crippen LogP contribution in [0.25, 0.3) is 0 Å². The zero-order valence-electron chi connectivity index (χ0n) is 10.8. The largest absolute Gasteiger partial charge is 0.373 e. The van der Waals surface area contributed by atoms with E-state index in [0.717, 1.165) is 10.6 Å². The molecule has 0 bridgehead atoms. The number of nitrogens with zero attached hydrogens (tertiary/aromatic N) is 1. The van der Waals surface area contributed by atoms with Gasteiger partial charge in [0.2, 0.25) is 11.8 Å². The maximum Gasteiger partial charge on any atom is 0.251 e. The topological polar surface area (TPSA) is 78.5 Å². The van der Waals surface area contributed by atoms with Crippen LogP contribution in [0.5, 0.6) is 0 Å². The lowest BCUT2D eigenvalue weighted by Gasteiger charge is -2.12. The number of rotatable bonds is 3. The van der Waals surface area contributed by atoms with Gasteiger partial charge in [-0.2, -0.15) is 0 Å². The van der Waals surface area contributed by atoms with Crippen LogP contribution in [0.3, 0.4) is 0 Å². The van der Waals surface area contributed by atoms with Crippen molar-refractivity contribution in [2.75, 3.05) is 17.7 Å². The van der Waals surface area contributed by atoms with Gasteiger partial charge in [-0.1, -0.05) is 0 Å². The normalized spacial score (nSPS) is 18.6. The Kier molecular flexibility index (Phi) is 3.50. The molecule has 0 spiro atoms. The number of anilines is 2. The van der Waals surface area contributed by atoms with E-state index < -0.39 is 6.04 Å². The lowest BCUT2D eigenvalue weighted by atomic mass is 10.2. The number of amides is 3. The Hall–Kier alpha value is -2.37. The Bertz CT molecular complexity index is 524. The number of hydrogen-bond acceptors (Lipinski definition) is 4. The maximum absolute atomic E-state index is 11.7. The molecule has 100 valence electrons. The minimum Gasteiger partial charge on any atom is -0.373 e. The Morgan fingerprint density at radius 1 is 1.21 bits per heavy atom. The van der Waals surface area contributed by atoms with Crippen molar-refractivity contribution < 1.29 is 14.4 Å². The summed E-state index contributed by atoms with van der Waals surface area (Å²) in [6.07, 6.45) is 0.169. The summed E-state index contributed by atoms with van der Waals surface area (Å²) < 4.78 is 0. The number of carbonyl (C=O) groups excluding carboxylic acids is 3. The molecule has 0 aliphatic carbocycles. The highest BCUT2D eigenvalue weighted by Gasteiger charge is 2.35. The van der Waals surface area contributed by atoms with Crippen LogP contribution in [0.2, 0.25) is 0 Å². The van der Waals surface area contributed by atoms with Crippen molar-refractivity contribution in [1.29, 1.82) is 0 Å². The maximum atomic E-state index is 11.7. The minimum atomic E-state index is -0.510. The van der Waals surface area contributed by atoms with Crippen LogP contribution < -0.4 is 10.6 Å². The third-order valence-electron chi connectivity index (χ3n) is 2.93. The second-order valence-electron chi connectivity index (χ2n) is 4.45. The van der Waals surface area contributed by atoms with Gasteiger partial charge >= 0.3 is 0 Å². The molecule has 19 heavy (non-hydrogen) atoms. The Balaban J connectivity index is 2.02. The molecule has 0 aromatic heterocycles. The summed E-state index contributed by atoms with van der Waals surface area (Å²) in [5, 5.41) is 5.66. The fourth-order valence-corrected chi connectivity index (χ4v) is 1.92. The van der Waals surface area contributed by atoms with Crippen molar-refractivity contribution in [3.8, 4) is 0 Å². The predicted octanol–water partition coefficient (Wildman–Crippen LogP) is 0.814. The summed E-state index contributed by atoms with van der Waals surface area (Å²) in [5.41, 5.74) is 1.42. The Morgan fingerprint density at radius 2 is 1.79 bits per heavy atom. The van der Waals surface area contributed by atoms with Crippen LogP contribution in [0.15, 0.2) is 24.3 Å². The first-order valence-electron chi connectivity index (χ1n) is 5.92. The number of carbonyl (C=O) groups is 3. The number of imide groups is 1. The van der Waals surface area contributed by atoms with Crippen molar-refractivity contribution in [3.63, 3.8) is 0 Å². The summed E-state index contributed by atoms with van der Waals surface area (Å²) in [4.78, 5) is 35.1. The molecule has 1 aromatic rings. The number of nitrogens with one attached hydrogen (secondary N) is 2. The highest BCUT2D eigenvalue weighted by Crippen LogP contribution is 2.19. The molecule has 1 aliphatic heterocycles. The molecule has 1 atom stereocenters. The average Bonchev–Trinajstić information content (AvgIpc) is 2.59. The van der Waals surface area contributed by atoms with Crippen LogP contribution in [0.4, 0.5) is 11.4 Å². The second-order valence-corrected chi connectivity index (χ2v) is 4.45. The fraction of sp³-hybridized carbons (Fsp3) is 0.308. The van der Waals surface area contributed by atoms with E-state index in [1.807, 2.05) is 0 Å². The molecule has 1 aromatic carbocycles. The van der Waals surface area contributed by atoms with Crippen molar-refractivity contribution in [3.05, 3.63) is 24.3 Å². The van der Waals surface area contributed by atoms with Gasteiger partial charge in [-0.25, -0.2) is 0 Å². The van der Waals surface area contributed by atoms with Gasteiger partial charge in [0.05, 0.1) is 6.42 Å². The van der Waals surface area contributed by atoms with E-state index in [1.54, 1.807) is 24.3 Å². The summed E-state index contributed by atoms with van der Waals surface area (Å²) in [5.74, 6) is -0.549. The molecule has 1 aliphatic rings. The third-order valence-corrected chi connectivity index (χ3v) is 2.93. The smallest absolute Gasteiger partial charge is 0.251 e. The van der Waals surface area contributed by atoms with E-state index >= 15 is 0 Å². The van der Waals surface area contributed by atoms with E-state index in [2.05, 4.69) is 10.6 Å². The van der Waals surface area contributed by atoms with E-state index in [9.17, 15) is 14.4 Å². The van der Waals surface area contributed by atoms with Gasteiger partial charge in [-0.05, 0) is 24.3 Å². The molecule has 0 saturated carbocycles. The van der Waals surface area contributed by atoms with Crippen molar-refractivity contribution in [2.45, 2.75) is 19.4 Å². The van der Waals surface area contributed by atoms with Gasteiger partial charge < -0.3 is 10.6 Å². The van der Waals surface area contributed by atoms with Crippen LogP contribution in [0.1, 0.15) is 13.3 Å². The number of likely N-dealkylation sites (tertiary alicyclic amines) is 1. The quantitative estimate of drug-likeness (QED) is 0.789. The SMILES string of the molecule is CC(=O)Nc1ccc(N[C@@H]2CC(=O)N(C)C2=O)cc1. The Labute approximate surface area is 110 Å². The molecular formula is C13H15N3O3. The molecule has 3 amide bonds. The average molecular weight is 261 g/mol. The molecule has 1 heterocycles. The monoisotopic (exact) mass is 261 g/mol. The lowest BCUT2D eigenvalue weighted by Crippen LogP contribution is -2.31. The van der Waals surface area contributed by atoms with Crippen LogP contribution in [-0.2, 0) is 14.4 Å². The lowest BCUT2D eigenvalue weighted by molar-refractivity contribution is -0.136. The van der Waals surface area contributed by atoms with Crippen LogP contribution in [0, 0.1) is 0 Å². The molecule has 1 fully saturated rings. The fourth-order valence-electron chi connectivity index (χ4n) is 1.92. The molecule has 2 rings (SSSR count). The summed E-state index contributed by atoms with van der Waals surface area (Å²) >= 11 is 0. The zero-order valence-corrected chi connectivity index (χ0v) is 10.8. The summed E-state index contributed by atoms with van der Waals surface area (Å²) in [6, 6.07) is 6.45. The van der Waals surface area contributed by atoms with E-state index in [4.69, 9.17) is 0 Å². The molecule has 2 N–H and O–H groups in total. The third kappa shape index (κ3) is 2.90. The van der Waals surface area contributed by atoms with Crippen LogP contribution in [-0.4, -0.2) is 35.7 Å². The highest BCUT2D eigenvalue weighted by molar-refractivity contribution is 6.06. The first kappa shape index (κ1) is 13.1.